The molecule has 2 heterocycles. The minimum Gasteiger partial charge on any atom is -0.326 e. The number of aromatic nitrogens is 1. The number of aryl methyl sites for hydroxylation is 1. The van der Waals surface area contributed by atoms with Crippen LogP contribution < -0.4 is 10.0 Å². The summed E-state index contributed by atoms with van der Waals surface area (Å²) >= 11 is 1.20. The molecule has 3 rings (SSSR count). The summed E-state index contributed by atoms with van der Waals surface area (Å²) in [5, 5.41) is 4.14. The number of carbonyl (C=O) groups excluding carboxylic acids is 2. The fourth-order valence-electron chi connectivity index (χ4n) is 2.08. The average molecular weight is 337 g/mol. The Morgan fingerprint density at radius 2 is 2.14 bits per heavy atom. The highest BCUT2D eigenvalue weighted by Crippen LogP contribution is 2.25. The molecule has 0 spiro atoms. The van der Waals surface area contributed by atoms with Crippen LogP contribution in [-0.2, 0) is 21.2 Å². The Balaban J connectivity index is 1.86. The highest BCUT2D eigenvalue weighted by molar-refractivity contribution is 7.90. The van der Waals surface area contributed by atoms with Crippen molar-refractivity contribution in [3.05, 3.63) is 40.3 Å². The first kappa shape index (κ1) is 14.7. The highest BCUT2D eigenvalue weighted by Gasteiger charge is 2.22. The van der Waals surface area contributed by atoms with Gasteiger partial charge in [-0.3, -0.25) is 9.59 Å². The first-order valence-electron chi connectivity index (χ1n) is 6.34. The lowest BCUT2D eigenvalue weighted by molar-refractivity contribution is -0.116. The van der Waals surface area contributed by atoms with Crippen LogP contribution in [0, 0.1) is 0 Å². The van der Waals surface area contributed by atoms with E-state index in [9.17, 15) is 18.0 Å². The minimum atomic E-state index is -3.98. The second-order valence-electron chi connectivity index (χ2n) is 4.68. The van der Waals surface area contributed by atoms with Gasteiger partial charge in [0.05, 0.1) is 10.4 Å². The van der Waals surface area contributed by atoms with Gasteiger partial charge in [0.2, 0.25) is 5.91 Å². The minimum absolute atomic E-state index is 0.0222. The Morgan fingerprint density at radius 1 is 1.32 bits per heavy atom. The predicted octanol–water partition coefficient (Wildman–Crippen LogP) is 1.15. The lowest BCUT2D eigenvalue weighted by Crippen LogP contribution is -2.31. The zero-order valence-electron chi connectivity index (χ0n) is 11.2. The summed E-state index contributed by atoms with van der Waals surface area (Å²) in [4.78, 5) is 26.9. The number of hydrogen-bond donors (Lipinski definition) is 2. The van der Waals surface area contributed by atoms with Crippen molar-refractivity contribution in [3.8, 4) is 0 Å². The number of benzene rings is 1. The van der Waals surface area contributed by atoms with Crippen LogP contribution in [0.1, 0.15) is 22.5 Å². The van der Waals surface area contributed by atoms with Gasteiger partial charge in [-0.25, -0.2) is 18.1 Å². The van der Waals surface area contributed by atoms with Crippen molar-refractivity contribution < 1.29 is 18.0 Å². The van der Waals surface area contributed by atoms with E-state index in [2.05, 4.69) is 10.3 Å². The smallest absolute Gasteiger partial charge is 0.284 e. The molecule has 2 N–H and O–H groups in total. The molecule has 2 amide bonds. The standard InChI is InChI=1S/C13H11N3O4S2/c17-12-4-1-8-5-9(2-3-10(8)15-12)22(19,20)16-13(18)11-6-21-7-14-11/h2-3,5-7H,1,4H2,(H,15,17)(H,16,18). The van der Waals surface area contributed by atoms with Gasteiger partial charge in [-0.2, -0.15) is 0 Å². The molecule has 7 nitrogen and oxygen atoms in total. The molecule has 0 fully saturated rings. The van der Waals surface area contributed by atoms with Gasteiger partial charge >= 0.3 is 0 Å². The first-order chi connectivity index (χ1) is 10.5. The first-order valence-corrected chi connectivity index (χ1v) is 8.76. The Bertz CT molecular complexity index is 844. The van der Waals surface area contributed by atoms with Gasteiger partial charge in [-0.1, -0.05) is 0 Å². The van der Waals surface area contributed by atoms with E-state index in [4.69, 9.17) is 0 Å². The summed E-state index contributed by atoms with van der Waals surface area (Å²) in [7, 11) is -3.98. The van der Waals surface area contributed by atoms with Crippen LogP contribution >= 0.6 is 11.3 Å². The van der Waals surface area contributed by atoms with E-state index in [1.54, 1.807) is 0 Å². The molecule has 0 saturated heterocycles. The van der Waals surface area contributed by atoms with Gasteiger partial charge in [-0.05, 0) is 30.2 Å². The molecular weight excluding hydrogens is 326 g/mol. The maximum absolute atomic E-state index is 12.2. The van der Waals surface area contributed by atoms with Crippen molar-refractivity contribution in [2.45, 2.75) is 17.7 Å². The van der Waals surface area contributed by atoms with Crippen LogP contribution in [0.3, 0.4) is 0 Å². The Morgan fingerprint density at radius 3 is 2.86 bits per heavy atom. The van der Waals surface area contributed by atoms with E-state index in [1.807, 2.05) is 4.72 Å². The van der Waals surface area contributed by atoms with E-state index >= 15 is 0 Å². The van der Waals surface area contributed by atoms with Crippen molar-refractivity contribution in [2.24, 2.45) is 0 Å². The maximum Gasteiger partial charge on any atom is 0.284 e. The van der Waals surface area contributed by atoms with Crippen molar-refractivity contribution in [3.63, 3.8) is 0 Å². The van der Waals surface area contributed by atoms with Crippen molar-refractivity contribution in [2.75, 3.05) is 5.32 Å². The van der Waals surface area contributed by atoms with Gasteiger partial charge in [-0.15, -0.1) is 11.3 Å². The summed E-state index contributed by atoms with van der Waals surface area (Å²) < 4.78 is 26.5. The number of carbonyl (C=O) groups is 2. The number of nitrogens with one attached hydrogen (secondary N) is 2. The molecule has 9 heteroatoms. The summed E-state index contributed by atoms with van der Waals surface area (Å²) in [5.74, 6) is -0.868. The Hall–Kier alpha value is -2.26. The second kappa shape index (κ2) is 5.50. The molecule has 1 aliphatic rings. The van der Waals surface area contributed by atoms with Crippen molar-refractivity contribution >= 4 is 38.9 Å². The third-order valence-corrected chi connectivity index (χ3v) is 5.09. The molecule has 22 heavy (non-hydrogen) atoms. The summed E-state index contributed by atoms with van der Waals surface area (Å²) in [5.41, 5.74) is 2.83. The number of sulfonamides is 1. The zero-order valence-corrected chi connectivity index (χ0v) is 12.8. The third-order valence-electron chi connectivity index (χ3n) is 3.17. The summed E-state index contributed by atoms with van der Waals surface area (Å²) in [6.45, 7) is 0. The number of nitrogens with zero attached hydrogens (tertiary/aromatic N) is 1. The SMILES string of the molecule is O=C1CCc2cc(S(=O)(=O)NC(=O)c3cscn3)ccc2N1. The van der Waals surface area contributed by atoms with Gasteiger partial charge < -0.3 is 5.32 Å². The number of amides is 2. The maximum atomic E-state index is 12.2. The topological polar surface area (TPSA) is 105 Å². The zero-order chi connectivity index (χ0) is 15.7. The van der Waals surface area contributed by atoms with Crippen LogP contribution in [0.2, 0.25) is 0 Å². The molecule has 114 valence electrons. The second-order valence-corrected chi connectivity index (χ2v) is 7.08. The van der Waals surface area contributed by atoms with Gasteiger partial charge in [0.1, 0.15) is 5.69 Å². The molecule has 1 aromatic carbocycles. The normalized spacial score (nSPS) is 14.1. The summed E-state index contributed by atoms with van der Waals surface area (Å²) in [6.07, 6.45) is 0.770. The number of rotatable bonds is 3. The van der Waals surface area contributed by atoms with E-state index in [0.29, 0.717) is 18.5 Å². The van der Waals surface area contributed by atoms with E-state index in [0.717, 1.165) is 5.56 Å². The number of fused-ring (bicyclic) bond motifs is 1. The lowest BCUT2D eigenvalue weighted by Gasteiger charge is -2.17. The van der Waals surface area contributed by atoms with Crippen molar-refractivity contribution in [1.29, 1.82) is 0 Å². The number of thiazole rings is 1. The summed E-state index contributed by atoms with van der Waals surface area (Å²) in [6, 6.07) is 4.33. The molecule has 0 aliphatic carbocycles. The van der Waals surface area contributed by atoms with Gasteiger partial charge in [0.25, 0.3) is 15.9 Å². The van der Waals surface area contributed by atoms with Crippen molar-refractivity contribution in [1.82, 2.24) is 9.71 Å². The van der Waals surface area contributed by atoms with Crippen LogP contribution in [0.4, 0.5) is 5.69 Å². The highest BCUT2D eigenvalue weighted by atomic mass is 32.2. The van der Waals surface area contributed by atoms with E-state index in [1.165, 1.54) is 40.4 Å². The van der Waals surface area contributed by atoms with Crippen LogP contribution in [0.25, 0.3) is 0 Å². The molecular formula is C13H11N3O4S2. The number of hydrogen-bond acceptors (Lipinski definition) is 6. The fourth-order valence-corrected chi connectivity index (χ4v) is 3.63. The monoisotopic (exact) mass is 337 g/mol. The van der Waals surface area contributed by atoms with Gasteiger partial charge in [0, 0.05) is 17.5 Å². The van der Waals surface area contributed by atoms with Gasteiger partial charge in [0.15, 0.2) is 0 Å². The molecule has 0 saturated carbocycles. The Labute approximate surface area is 130 Å². The molecule has 1 aliphatic heterocycles. The largest absolute Gasteiger partial charge is 0.326 e. The molecule has 1 aromatic heterocycles. The molecule has 0 radical (unpaired) electrons. The van der Waals surface area contributed by atoms with Crippen LogP contribution in [-0.4, -0.2) is 25.2 Å². The van der Waals surface area contributed by atoms with E-state index < -0.39 is 15.9 Å². The average Bonchev–Trinajstić information content (AvgIpc) is 3.00. The van der Waals surface area contributed by atoms with Crippen LogP contribution in [0.15, 0.2) is 34.0 Å². The van der Waals surface area contributed by atoms with Crippen LogP contribution in [0.5, 0.6) is 0 Å². The third kappa shape index (κ3) is 2.85. The lowest BCUT2D eigenvalue weighted by atomic mass is 10.0. The number of anilines is 1. The molecule has 0 atom stereocenters. The Kier molecular flexibility index (Phi) is 3.67. The molecule has 0 bridgehead atoms. The molecule has 2 aromatic rings. The predicted molar refractivity (Wildman–Crippen MR) is 80.2 cm³/mol. The quantitative estimate of drug-likeness (QED) is 0.874. The van der Waals surface area contributed by atoms with E-state index in [-0.39, 0.29) is 16.5 Å². The fraction of sp³-hybridized carbons (Fsp3) is 0.154. The molecule has 0 unspecified atom stereocenters.